The summed E-state index contributed by atoms with van der Waals surface area (Å²) in [7, 11) is 0. The summed E-state index contributed by atoms with van der Waals surface area (Å²) in [5.74, 6) is 0.568. The topological polar surface area (TPSA) is 47.8 Å². The van der Waals surface area contributed by atoms with E-state index in [0.717, 1.165) is 3.70 Å². The number of nitrogens with zero attached hydrogens (tertiary/aromatic N) is 3. The van der Waals surface area contributed by atoms with Crippen LogP contribution in [-0.4, -0.2) is 14.5 Å². The number of hydrogen-bond donors (Lipinski definition) is 0. The Balaban J connectivity index is 2.46. The Labute approximate surface area is 106 Å². The number of hydrogen-bond acceptors (Lipinski definition) is 3. The monoisotopic (exact) mass is 426 g/mol. The Kier molecular flexibility index (Phi) is 3.67. The Bertz CT molecular complexity index is 509. The van der Waals surface area contributed by atoms with Crippen molar-refractivity contribution < 1.29 is 17.2 Å². The third kappa shape index (κ3) is 2.54. The van der Waals surface area contributed by atoms with E-state index in [1.165, 1.54) is 10.6 Å². The van der Waals surface area contributed by atoms with Gasteiger partial charge in [0.15, 0.2) is 0 Å². The zero-order valence-corrected chi connectivity index (χ0v) is 11.8. The molecule has 2 rings (SSSR count). The van der Waals surface area contributed by atoms with E-state index in [1.54, 1.807) is 30.7 Å². The van der Waals surface area contributed by atoms with E-state index in [4.69, 9.17) is 0 Å². The summed E-state index contributed by atoms with van der Waals surface area (Å²) in [6.07, 6.45) is 5.05. The van der Waals surface area contributed by atoms with Gasteiger partial charge in [-0.25, -0.2) is 0 Å². The van der Waals surface area contributed by atoms with Crippen molar-refractivity contribution in [3.8, 4) is 5.82 Å². The second kappa shape index (κ2) is 5.01. The molecule has 0 atom stereocenters. The molecule has 0 aliphatic carbocycles. The summed E-state index contributed by atoms with van der Waals surface area (Å²) in [6.45, 7) is 0. The van der Waals surface area contributed by atoms with Gasteiger partial charge in [0.25, 0.3) is 0 Å². The SMILES string of the molecule is O=c1ccccn1-c1cnc([I-]I)cn1. The minimum atomic E-state index is -0.0938. The Morgan fingerprint density at radius 2 is 2.13 bits per heavy atom. The molecule has 0 saturated carbocycles. The summed E-state index contributed by atoms with van der Waals surface area (Å²) < 4.78 is 2.49. The van der Waals surface area contributed by atoms with Crippen molar-refractivity contribution in [3.05, 3.63) is 50.8 Å². The molecule has 0 N–H and O–H groups in total. The number of rotatable bonds is 2. The average Bonchev–Trinajstić information content (AvgIpc) is 2.30. The van der Waals surface area contributed by atoms with Crippen LogP contribution in [-0.2, 0) is 0 Å². The van der Waals surface area contributed by atoms with E-state index in [2.05, 4.69) is 28.6 Å². The average molecular weight is 426 g/mol. The van der Waals surface area contributed by atoms with E-state index in [9.17, 15) is 4.79 Å². The fourth-order valence-corrected chi connectivity index (χ4v) is 2.98. The van der Waals surface area contributed by atoms with Gasteiger partial charge in [0.2, 0.25) is 0 Å². The molecule has 0 spiro atoms. The quantitative estimate of drug-likeness (QED) is 0.535. The summed E-state index contributed by atoms with van der Waals surface area (Å²) in [5, 5.41) is 0. The van der Waals surface area contributed by atoms with Crippen molar-refractivity contribution in [3.63, 3.8) is 0 Å². The first kappa shape index (κ1) is 11.0. The van der Waals surface area contributed by atoms with Gasteiger partial charge in [-0.2, -0.15) is 0 Å². The van der Waals surface area contributed by atoms with Crippen molar-refractivity contribution in [1.29, 1.82) is 0 Å². The standard InChI is InChI=1S/C9H6I2N3O/c10-11-7-5-13-8(6-12-7)14-4-2-1-3-9(14)15/h1-6H/q-1. The molecule has 6 heteroatoms. The molecule has 4 nitrogen and oxygen atoms in total. The molecule has 0 amide bonds. The zero-order valence-electron chi connectivity index (χ0n) is 7.47. The fraction of sp³-hybridized carbons (Fsp3) is 0. The summed E-state index contributed by atoms with van der Waals surface area (Å²) in [4.78, 5) is 19.9. The molecular formula is C9H6I2N3O-. The van der Waals surface area contributed by atoms with Crippen LogP contribution in [0.4, 0.5) is 0 Å². The molecule has 15 heavy (non-hydrogen) atoms. The van der Waals surface area contributed by atoms with E-state index >= 15 is 0 Å². The first-order chi connectivity index (χ1) is 7.31. The summed E-state index contributed by atoms with van der Waals surface area (Å²) >= 11 is 2.25. The number of halogens is 2. The Morgan fingerprint density at radius 1 is 1.27 bits per heavy atom. The molecule has 0 fully saturated rings. The zero-order chi connectivity index (χ0) is 10.7. The molecule has 2 aromatic heterocycles. The summed E-state index contributed by atoms with van der Waals surface area (Å²) in [6, 6.07) is 5.00. The first-order valence-electron chi connectivity index (χ1n) is 4.07. The molecule has 0 unspecified atom stereocenters. The van der Waals surface area contributed by atoms with E-state index < -0.39 is 0 Å². The normalized spacial score (nSPS) is 10.5. The van der Waals surface area contributed by atoms with Crippen LogP contribution < -0.4 is 22.8 Å². The van der Waals surface area contributed by atoms with E-state index in [0.29, 0.717) is 5.82 Å². The number of pyridine rings is 1. The van der Waals surface area contributed by atoms with Crippen LogP contribution in [0.5, 0.6) is 0 Å². The molecule has 78 valence electrons. The second-order valence-electron chi connectivity index (χ2n) is 2.68. The van der Waals surface area contributed by atoms with Gasteiger partial charge in [-0.1, -0.05) is 0 Å². The Morgan fingerprint density at radius 3 is 2.73 bits per heavy atom. The molecule has 0 aliphatic rings. The molecule has 2 aromatic rings. The molecule has 2 heterocycles. The molecule has 0 radical (unpaired) electrons. The van der Waals surface area contributed by atoms with Crippen molar-refractivity contribution >= 4 is 18.6 Å². The first-order valence-corrected chi connectivity index (χ1v) is 11.4. The molecule has 0 bridgehead atoms. The van der Waals surface area contributed by atoms with Gasteiger partial charge >= 0.3 is 107 Å². The third-order valence-electron chi connectivity index (χ3n) is 1.75. The predicted molar refractivity (Wildman–Crippen MR) is 60.3 cm³/mol. The number of aromatic nitrogens is 3. The van der Waals surface area contributed by atoms with Crippen LogP contribution >= 0.6 is 18.6 Å². The van der Waals surface area contributed by atoms with Gasteiger partial charge in [0, 0.05) is 0 Å². The van der Waals surface area contributed by atoms with Crippen LogP contribution in [0, 0.1) is 3.70 Å². The van der Waals surface area contributed by atoms with E-state index in [-0.39, 0.29) is 22.8 Å². The van der Waals surface area contributed by atoms with Crippen LogP contribution in [0.2, 0.25) is 0 Å². The van der Waals surface area contributed by atoms with Crippen LogP contribution in [0.3, 0.4) is 0 Å². The van der Waals surface area contributed by atoms with Crippen molar-refractivity contribution in [2.75, 3.05) is 0 Å². The summed E-state index contributed by atoms with van der Waals surface area (Å²) in [5.41, 5.74) is -0.0938. The maximum absolute atomic E-state index is 11.5. The fourth-order valence-electron chi connectivity index (χ4n) is 1.08. The van der Waals surface area contributed by atoms with Gasteiger partial charge in [0.05, 0.1) is 0 Å². The molecule has 0 saturated heterocycles. The van der Waals surface area contributed by atoms with Crippen molar-refractivity contribution in [1.82, 2.24) is 14.5 Å². The van der Waals surface area contributed by atoms with Crippen molar-refractivity contribution in [2.24, 2.45) is 0 Å². The second-order valence-corrected chi connectivity index (χ2v) is 6.93. The van der Waals surface area contributed by atoms with E-state index in [1.807, 2.05) is 0 Å². The van der Waals surface area contributed by atoms with Gasteiger partial charge in [-0.15, -0.1) is 0 Å². The van der Waals surface area contributed by atoms with Gasteiger partial charge in [0.1, 0.15) is 0 Å². The van der Waals surface area contributed by atoms with Crippen LogP contribution in [0.15, 0.2) is 41.6 Å². The molecule has 0 aliphatic heterocycles. The van der Waals surface area contributed by atoms with Gasteiger partial charge < -0.3 is 0 Å². The van der Waals surface area contributed by atoms with Crippen LogP contribution in [0.25, 0.3) is 5.82 Å². The Hall–Kier alpha value is -0.510. The predicted octanol–water partition coefficient (Wildman–Crippen LogP) is -1.76. The van der Waals surface area contributed by atoms with Gasteiger partial charge in [-0.05, 0) is 0 Å². The molecular weight excluding hydrogens is 420 g/mol. The maximum atomic E-state index is 11.5. The van der Waals surface area contributed by atoms with Crippen LogP contribution in [0.1, 0.15) is 0 Å². The third-order valence-corrected chi connectivity index (χ3v) is 5.53. The molecule has 0 aromatic carbocycles. The van der Waals surface area contributed by atoms with Crippen molar-refractivity contribution in [2.45, 2.75) is 0 Å². The van der Waals surface area contributed by atoms with Gasteiger partial charge in [-0.3, -0.25) is 0 Å². The minimum absolute atomic E-state index is 0.0724.